The molecular formula is C15H10BrFN2O. The van der Waals surface area contributed by atoms with Crippen LogP contribution in [0.5, 0.6) is 0 Å². The zero-order valence-electron chi connectivity index (χ0n) is 10.3. The Morgan fingerprint density at radius 3 is 2.60 bits per heavy atom. The largest absolute Gasteiger partial charge is 0.385 e. The van der Waals surface area contributed by atoms with Crippen LogP contribution in [0.2, 0.25) is 0 Å². The maximum absolute atomic E-state index is 14.1. The van der Waals surface area contributed by atoms with E-state index < -0.39 is 5.82 Å². The van der Waals surface area contributed by atoms with Crippen molar-refractivity contribution in [3.63, 3.8) is 0 Å². The third-order valence-electron chi connectivity index (χ3n) is 3.11. The summed E-state index contributed by atoms with van der Waals surface area (Å²) in [4.78, 5) is 12.5. The lowest BCUT2D eigenvalue weighted by atomic mass is 10.1. The van der Waals surface area contributed by atoms with E-state index in [0.29, 0.717) is 9.86 Å². The summed E-state index contributed by atoms with van der Waals surface area (Å²) in [6, 6.07) is 13.2. The van der Waals surface area contributed by atoms with Crippen molar-refractivity contribution in [2.24, 2.45) is 0 Å². The van der Waals surface area contributed by atoms with Gasteiger partial charge in [0.15, 0.2) is 0 Å². The van der Waals surface area contributed by atoms with E-state index in [9.17, 15) is 9.18 Å². The van der Waals surface area contributed by atoms with Gasteiger partial charge in [0.25, 0.3) is 5.56 Å². The smallest absolute Gasteiger partial charge is 0.264 e. The molecule has 0 saturated heterocycles. The van der Waals surface area contributed by atoms with Crippen molar-refractivity contribution < 1.29 is 4.39 Å². The third kappa shape index (κ3) is 2.00. The van der Waals surface area contributed by atoms with E-state index in [1.54, 1.807) is 30.3 Å². The molecule has 0 radical (unpaired) electrons. The van der Waals surface area contributed by atoms with E-state index in [-0.39, 0.29) is 17.1 Å². The van der Waals surface area contributed by atoms with Crippen molar-refractivity contribution in [1.29, 1.82) is 0 Å². The molecule has 0 unspecified atom stereocenters. The number of nitrogens with zero attached hydrogens (tertiary/aromatic N) is 1. The number of pyridine rings is 1. The fraction of sp³-hybridized carbons (Fsp3) is 0. The van der Waals surface area contributed by atoms with Crippen LogP contribution < -0.4 is 11.3 Å². The number of aromatic nitrogens is 1. The fourth-order valence-electron chi connectivity index (χ4n) is 2.19. The Morgan fingerprint density at radius 1 is 1.10 bits per heavy atom. The van der Waals surface area contributed by atoms with Crippen LogP contribution in [0.4, 0.5) is 10.2 Å². The molecule has 3 rings (SSSR count). The molecule has 1 aromatic heterocycles. The second-order valence-corrected chi connectivity index (χ2v) is 5.31. The zero-order chi connectivity index (χ0) is 14.3. The van der Waals surface area contributed by atoms with Crippen LogP contribution in [-0.4, -0.2) is 4.57 Å². The average molecular weight is 333 g/mol. The minimum absolute atomic E-state index is 0.140. The molecule has 0 atom stereocenters. The second-order valence-electron chi connectivity index (χ2n) is 4.39. The second kappa shape index (κ2) is 4.76. The lowest BCUT2D eigenvalue weighted by molar-refractivity contribution is 0.616. The lowest BCUT2D eigenvalue weighted by Crippen LogP contribution is -2.22. The summed E-state index contributed by atoms with van der Waals surface area (Å²) in [5.74, 6) is -0.307. The van der Waals surface area contributed by atoms with Crippen LogP contribution in [0.15, 0.2) is 57.8 Å². The highest BCUT2D eigenvalue weighted by Gasteiger charge is 2.12. The summed E-state index contributed by atoms with van der Waals surface area (Å²) in [5, 5.41) is 1.24. The van der Waals surface area contributed by atoms with Crippen molar-refractivity contribution >= 4 is 32.5 Å². The number of hydrogen-bond acceptors (Lipinski definition) is 2. The highest BCUT2D eigenvalue weighted by molar-refractivity contribution is 9.10. The Balaban J connectivity index is 2.39. The molecule has 0 aliphatic heterocycles. The molecular weight excluding hydrogens is 323 g/mol. The first-order valence-corrected chi connectivity index (χ1v) is 6.73. The predicted octanol–water partition coefficient (Wildman–Crippen LogP) is 3.47. The molecule has 0 aliphatic rings. The van der Waals surface area contributed by atoms with Gasteiger partial charge >= 0.3 is 0 Å². The predicted molar refractivity (Wildman–Crippen MR) is 81.6 cm³/mol. The molecule has 0 amide bonds. The number of anilines is 1. The standard InChI is InChI=1S/C15H10BrFN2O/c16-10-5-6-13(12(17)8-10)19-14(18)7-9-3-1-2-4-11(9)15(19)20/h1-8H,18H2. The SMILES string of the molecule is Nc1cc2ccccc2c(=O)n1-c1ccc(Br)cc1F. The summed E-state index contributed by atoms with van der Waals surface area (Å²) in [7, 11) is 0. The van der Waals surface area contributed by atoms with Gasteiger partial charge in [-0.05, 0) is 35.7 Å². The number of benzene rings is 2. The first-order chi connectivity index (χ1) is 9.58. The van der Waals surface area contributed by atoms with Gasteiger partial charge in [-0.3, -0.25) is 9.36 Å². The van der Waals surface area contributed by atoms with Crippen molar-refractivity contribution in [3.05, 3.63) is 69.2 Å². The van der Waals surface area contributed by atoms with Gasteiger partial charge < -0.3 is 5.73 Å². The van der Waals surface area contributed by atoms with Gasteiger partial charge in [-0.1, -0.05) is 34.1 Å². The van der Waals surface area contributed by atoms with Crippen molar-refractivity contribution in [2.75, 3.05) is 5.73 Å². The van der Waals surface area contributed by atoms with Gasteiger partial charge in [0.2, 0.25) is 0 Å². The van der Waals surface area contributed by atoms with Crippen LogP contribution in [0.3, 0.4) is 0 Å². The van der Waals surface area contributed by atoms with E-state index in [2.05, 4.69) is 15.9 Å². The number of rotatable bonds is 1. The van der Waals surface area contributed by atoms with Crippen LogP contribution in [-0.2, 0) is 0 Å². The fourth-order valence-corrected chi connectivity index (χ4v) is 2.52. The molecule has 0 fully saturated rings. The highest BCUT2D eigenvalue weighted by atomic mass is 79.9. The Morgan fingerprint density at radius 2 is 1.85 bits per heavy atom. The minimum Gasteiger partial charge on any atom is -0.385 e. The van der Waals surface area contributed by atoms with E-state index >= 15 is 0 Å². The van der Waals surface area contributed by atoms with Gasteiger partial charge in [-0.15, -0.1) is 0 Å². The summed E-state index contributed by atoms with van der Waals surface area (Å²) in [5.41, 5.74) is 5.72. The minimum atomic E-state index is -0.511. The Kier molecular flexibility index (Phi) is 3.06. The number of hydrogen-bond donors (Lipinski definition) is 1. The molecule has 0 saturated carbocycles. The first-order valence-electron chi connectivity index (χ1n) is 5.93. The monoisotopic (exact) mass is 332 g/mol. The van der Waals surface area contributed by atoms with Crippen LogP contribution in [0, 0.1) is 5.82 Å². The van der Waals surface area contributed by atoms with Crippen molar-refractivity contribution in [2.45, 2.75) is 0 Å². The maximum atomic E-state index is 14.1. The Labute approximate surface area is 122 Å². The average Bonchev–Trinajstić information content (AvgIpc) is 2.41. The number of nitrogens with two attached hydrogens (primary N) is 1. The van der Waals surface area contributed by atoms with E-state index in [1.165, 1.54) is 16.7 Å². The number of fused-ring (bicyclic) bond motifs is 1. The normalized spacial score (nSPS) is 10.9. The Bertz CT molecular complexity index is 873. The lowest BCUT2D eigenvalue weighted by Gasteiger charge is -2.12. The quantitative estimate of drug-likeness (QED) is 0.741. The molecule has 2 aromatic carbocycles. The van der Waals surface area contributed by atoms with Crippen LogP contribution in [0.1, 0.15) is 0 Å². The van der Waals surface area contributed by atoms with Gasteiger partial charge in [-0.2, -0.15) is 0 Å². The summed E-state index contributed by atoms with van der Waals surface area (Å²) in [6.45, 7) is 0. The molecule has 20 heavy (non-hydrogen) atoms. The Hall–Kier alpha value is -2.14. The molecule has 5 heteroatoms. The molecule has 100 valence electrons. The van der Waals surface area contributed by atoms with Gasteiger partial charge in [0, 0.05) is 9.86 Å². The number of nitrogen functional groups attached to an aromatic ring is 1. The van der Waals surface area contributed by atoms with Crippen LogP contribution in [0.25, 0.3) is 16.5 Å². The summed E-state index contributed by atoms with van der Waals surface area (Å²) >= 11 is 3.19. The summed E-state index contributed by atoms with van der Waals surface area (Å²) < 4.78 is 15.8. The van der Waals surface area contributed by atoms with Crippen molar-refractivity contribution in [3.8, 4) is 5.69 Å². The molecule has 0 bridgehead atoms. The van der Waals surface area contributed by atoms with Crippen LogP contribution >= 0.6 is 15.9 Å². The van der Waals surface area contributed by atoms with Gasteiger partial charge in [-0.25, -0.2) is 4.39 Å². The van der Waals surface area contributed by atoms with Crippen molar-refractivity contribution in [1.82, 2.24) is 4.57 Å². The van der Waals surface area contributed by atoms with E-state index in [1.807, 2.05) is 6.07 Å². The molecule has 3 aromatic rings. The van der Waals surface area contributed by atoms with Gasteiger partial charge in [0.05, 0.1) is 5.69 Å². The first kappa shape index (κ1) is 12.9. The summed E-state index contributed by atoms with van der Waals surface area (Å²) in [6.07, 6.45) is 0. The molecule has 0 spiro atoms. The highest BCUT2D eigenvalue weighted by Crippen LogP contribution is 2.22. The molecule has 2 N–H and O–H groups in total. The molecule has 3 nitrogen and oxygen atoms in total. The topological polar surface area (TPSA) is 48.0 Å². The van der Waals surface area contributed by atoms with Gasteiger partial charge in [0.1, 0.15) is 11.6 Å². The molecule has 1 heterocycles. The zero-order valence-corrected chi connectivity index (χ0v) is 11.9. The number of halogens is 2. The van der Waals surface area contributed by atoms with E-state index in [0.717, 1.165) is 5.39 Å². The van der Waals surface area contributed by atoms with E-state index in [4.69, 9.17) is 5.73 Å². The molecule has 0 aliphatic carbocycles. The maximum Gasteiger partial charge on any atom is 0.264 e. The third-order valence-corrected chi connectivity index (χ3v) is 3.60.